The van der Waals surface area contributed by atoms with Crippen LogP contribution >= 0.6 is 0 Å². The summed E-state index contributed by atoms with van der Waals surface area (Å²) in [6.45, 7) is 0.248. The van der Waals surface area contributed by atoms with E-state index in [2.05, 4.69) is 4.74 Å². The molecule has 6 nitrogen and oxygen atoms in total. The molecule has 0 aliphatic heterocycles. The Kier molecular flexibility index (Phi) is 7.82. The zero-order valence-corrected chi connectivity index (χ0v) is 20.4. The van der Waals surface area contributed by atoms with E-state index in [4.69, 9.17) is 4.74 Å². The van der Waals surface area contributed by atoms with Crippen LogP contribution < -0.4 is 10.3 Å². The predicted octanol–water partition coefficient (Wildman–Crippen LogP) is 5.90. The molecule has 0 saturated heterocycles. The first-order chi connectivity index (χ1) is 18.2. The molecule has 0 radical (unpaired) electrons. The van der Waals surface area contributed by atoms with E-state index in [-0.39, 0.29) is 24.8 Å². The lowest BCUT2D eigenvalue weighted by Gasteiger charge is -2.21. The fourth-order valence-electron chi connectivity index (χ4n) is 4.17. The van der Waals surface area contributed by atoms with E-state index in [1.807, 2.05) is 24.3 Å². The molecule has 1 unspecified atom stereocenters. The highest BCUT2D eigenvalue weighted by atomic mass is 19.4. The summed E-state index contributed by atoms with van der Waals surface area (Å²) in [6, 6.07) is 15.3. The Hall–Kier alpha value is -4.58. The Morgan fingerprint density at radius 2 is 1.89 bits per heavy atom. The van der Waals surface area contributed by atoms with E-state index in [0.717, 1.165) is 11.6 Å². The molecule has 1 heterocycles. The van der Waals surface area contributed by atoms with E-state index in [9.17, 15) is 28.0 Å². The van der Waals surface area contributed by atoms with Gasteiger partial charge in [-0.3, -0.25) is 4.79 Å². The highest BCUT2D eigenvalue weighted by Crippen LogP contribution is 2.34. The third-order valence-electron chi connectivity index (χ3n) is 6.11. The molecule has 0 fully saturated rings. The van der Waals surface area contributed by atoms with Gasteiger partial charge in [0, 0.05) is 12.1 Å². The minimum absolute atomic E-state index is 0.0390. The molecule has 0 saturated carbocycles. The Bertz CT molecular complexity index is 1500. The number of esters is 1. The van der Waals surface area contributed by atoms with Crippen molar-refractivity contribution in [3.63, 3.8) is 0 Å². The second kappa shape index (κ2) is 11.2. The van der Waals surface area contributed by atoms with Crippen LogP contribution in [0.25, 0.3) is 11.3 Å². The van der Waals surface area contributed by atoms with E-state index in [1.54, 1.807) is 48.5 Å². The van der Waals surface area contributed by atoms with Crippen molar-refractivity contribution < 1.29 is 27.4 Å². The van der Waals surface area contributed by atoms with Crippen LogP contribution in [0.4, 0.5) is 13.2 Å². The monoisotopic (exact) mass is 520 g/mol. The van der Waals surface area contributed by atoms with Crippen molar-refractivity contribution >= 4 is 5.97 Å². The molecular weight excluding hydrogens is 497 g/mol. The number of hydrogen-bond acceptors (Lipinski definition) is 5. The quantitative estimate of drug-likeness (QED) is 0.362. The molecule has 1 atom stereocenters. The minimum Gasteiger partial charge on any atom is -0.489 e. The first-order valence-electron chi connectivity index (χ1n) is 11.7. The second-order valence-electron chi connectivity index (χ2n) is 8.66. The predicted molar refractivity (Wildman–Crippen MR) is 134 cm³/mol. The van der Waals surface area contributed by atoms with Crippen LogP contribution in [0.3, 0.4) is 0 Å². The summed E-state index contributed by atoms with van der Waals surface area (Å²) >= 11 is 0. The maximum Gasteiger partial charge on any atom is 0.417 e. The number of alkyl halides is 3. The summed E-state index contributed by atoms with van der Waals surface area (Å²) < 4.78 is 53.2. The van der Waals surface area contributed by atoms with Gasteiger partial charge in [-0.1, -0.05) is 48.6 Å². The van der Waals surface area contributed by atoms with E-state index in [0.29, 0.717) is 23.3 Å². The maximum absolute atomic E-state index is 13.8. The number of rotatable bonds is 7. The van der Waals surface area contributed by atoms with E-state index >= 15 is 0 Å². The average Bonchev–Trinajstić information content (AvgIpc) is 2.92. The standard InChI is InChI=1S/C29H23F3N2O4/c1-37-28(36)21-12-10-20(11-13-21)18-38-23-9-5-8-22(14-23)26-15-25(29(30,31)32)24(16-33)27(35)34(26)17-19-6-3-2-4-7-19/h2-6,8-15,19H,7,17-18H2,1H3. The van der Waals surface area contributed by atoms with Crippen LogP contribution in [-0.4, -0.2) is 17.6 Å². The molecule has 1 aliphatic rings. The number of methoxy groups -OCH3 is 1. The van der Waals surface area contributed by atoms with Gasteiger partial charge in [-0.15, -0.1) is 0 Å². The number of carbonyl (C=O) groups excluding carboxylic acids is 1. The van der Waals surface area contributed by atoms with Crippen molar-refractivity contribution in [3.8, 4) is 23.1 Å². The molecule has 9 heteroatoms. The SMILES string of the molecule is COC(=O)c1ccc(COc2cccc(-c3cc(C(F)(F)F)c(C#N)c(=O)n3CC3C=CC=CC3)c2)cc1. The van der Waals surface area contributed by atoms with Crippen LogP contribution in [0.1, 0.15) is 33.5 Å². The molecule has 0 amide bonds. The fraction of sp³-hybridized carbons (Fsp3) is 0.207. The van der Waals surface area contributed by atoms with Crippen molar-refractivity contribution in [2.75, 3.05) is 7.11 Å². The van der Waals surface area contributed by atoms with Crippen molar-refractivity contribution in [1.82, 2.24) is 4.57 Å². The molecule has 0 spiro atoms. The number of pyridine rings is 1. The number of aromatic nitrogens is 1. The van der Waals surface area contributed by atoms with Gasteiger partial charge in [-0.2, -0.15) is 18.4 Å². The Morgan fingerprint density at radius 1 is 1.13 bits per heavy atom. The lowest BCUT2D eigenvalue weighted by Crippen LogP contribution is -2.30. The third-order valence-corrected chi connectivity index (χ3v) is 6.11. The summed E-state index contributed by atoms with van der Waals surface area (Å²) in [6.07, 6.45) is 3.21. The fourth-order valence-corrected chi connectivity index (χ4v) is 4.17. The number of allylic oxidation sites excluding steroid dienone is 4. The smallest absolute Gasteiger partial charge is 0.417 e. The van der Waals surface area contributed by atoms with Crippen molar-refractivity contribution in [1.29, 1.82) is 5.26 Å². The van der Waals surface area contributed by atoms with Crippen LogP contribution in [0, 0.1) is 17.2 Å². The number of hydrogen-bond donors (Lipinski definition) is 0. The molecule has 0 bridgehead atoms. The van der Waals surface area contributed by atoms with Gasteiger partial charge in [-0.25, -0.2) is 4.79 Å². The summed E-state index contributed by atoms with van der Waals surface area (Å²) in [4.78, 5) is 24.8. The van der Waals surface area contributed by atoms with Gasteiger partial charge in [0.05, 0.1) is 23.9 Å². The highest BCUT2D eigenvalue weighted by Gasteiger charge is 2.36. The van der Waals surface area contributed by atoms with Gasteiger partial charge >= 0.3 is 12.1 Å². The highest BCUT2D eigenvalue weighted by molar-refractivity contribution is 5.89. The molecule has 4 rings (SSSR count). The molecule has 1 aromatic heterocycles. The molecule has 0 N–H and O–H groups in total. The minimum atomic E-state index is -4.88. The Labute approximate surface area is 216 Å². The summed E-state index contributed by atoms with van der Waals surface area (Å²) in [5.74, 6) is -0.208. The first kappa shape index (κ1) is 26.5. The van der Waals surface area contributed by atoms with Gasteiger partial charge < -0.3 is 14.0 Å². The zero-order chi connectivity index (χ0) is 27.3. The van der Waals surface area contributed by atoms with Crippen LogP contribution in [0.15, 0.2) is 83.7 Å². The number of nitrogens with zero attached hydrogens (tertiary/aromatic N) is 2. The number of benzene rings is 2. The second-order valence-corrected chi connectivity index (χ2v) is 8.66. The normalized spacial score (nSPS) is 14.7. The summed E-state index contributed by atoms with van der Waals surface area (Å²) in [5.41, 5.74) is -1.66. The molecule has 194 valence electrons. The maximum atomic E-state index is 13.8. The van der Waals surface area contributed by atoms with E-state index in [1.165, 1.54) is 17.7 Å². The van der Waals surface area contributed by atoms with E-state index < -0.39 is 28.8 Å². The lowest BCUT2D eigenvalue weighted by atomic mass is 9.98. The Balaban J connectivity index is 1.69. The van der Waals surface area contributed by atoms with Gasteiger partial charge in [0.15, 0.2) is 0 Å². The molecule has 2 aromatic carbocycles. The topological polar surface area (TPSA) is 81.3 Å². The first-order valence-corrected chi connectivity index (χ1v) is 11.7. The molecule has 3 aromatic rings. The molecule has 1 aliphatic carbocycles. The molecular formula is C29H23F3N2O4. The average molecular weight is 521 g/mol. The van der Waals surface area contributed by atoms with Gasteiger partial charge in [0.1, 0.15) is 24.0 Å². The van der Waals surface area contributed by atoms with Crippen LogP contribution in [0.5, 0.6) is 5.75 Å². The van der Waals surface area contributed by atoms with Crippen molar-refractivity contribution in [2.24, 2.45) is 5.92 Å². The van der Waals surface area contributed by atoms with Gasteiger partial charge in [0.2, 0.25) is 0 Å². The van der Waals surface area contributed by atoms with Gasteiger partial charge in [-0.05, 0) is 48.2 Å². The number of ether oxygens (including phenoxy) is 2. The summed E-state index contributed by atoms with van der Waals surface area (Å²) in [7, 11) is 1.29. The number of nitriles is 1. The number of carbonyl (C=O) groups is 1. The van der Waals surface area contributed by atoms with Gasteiger partial charge in [0.25, 0.3) is 5.56 Å². The third kappa shape index (κ3) is 5.86. The van der Waals surface area contributed by atoms with Crippen molar-refractivity contribution in [2.45, 2.75) is 25.7 Å². The zero-order valence-electron chi connectivity index (χ0n) is 20.4. The number of halogens is 3. The summed E-state index contributed by atoms with van der Waals surface area (Å²) in [5, 5.41) is 9.40. The Morgan fingerprint density at radius 3 is 2.53 bits per heavy atom. The van der Waals surface area contributed by atoms with Crippen LogP contribution in [-0.2, 0) is 24.1 Å². The molecule has 38 heavy (non-hydrogen) atoms. The lowest BCUT2D eigenvalue weighted by molar-refractivity contribution is -0.137. The largest absolute Gasteiger partial charge is 0.489 e. The van der Waals surface area contributed by atoms with Crippen molar-refractivity contribution in [3.05, 3.63) is 112 Å². The van der Waals surface area contributed by atoms with Crippen LogP contribution in [0.2, 0.25) is 0 Å².